The molecule has 1 heterocycles. The highest BCUT2D eigenvalue weighted by atomic mass is 32.2. The molecular weight excluding hydrogens is 410 g/mol. The molecule has 10 heteroatoms. The molecule has 152 valence electrons. The van der Waals surface area contributed by atoms with Crippen LogP contribution in [0.15, 0.2) is 53.1 Å². The van der Waals surface area contributed by atoms with Gasteiger partial charge in [0.1, 0.15) is 0 Å². The van der Waals surface area contributed by atoms with Gasteiger partial charge in [-0.15, -0.1) is 0 Å². The number of nitrogens with zero attached hydrogens (tertiary/aromatic N) is 3. The normalized spacial score (nSPS) is 11.1. The number of benzene rings is 2. The summed E-state index contributed by atoms with van der Waals surface area (Å²) in [7, 11) is -1.85. The van der Waals surface area contributed by atoms with Crippen molar-refractivity contribution in [1.29, 1.82) is 0 Å². The molecule has 29 heavy (non-hydrogen) atoms. The van der Waals surface area contributed by atoms with Crippen molar-refractivity contribution in [1.82, 2.24) is 15.5 Å². The van der Waals surface area contributed by atoms with Crippen LogP contribution in [0.25, 0.3) is 11.4 Å². The third-order valence-electron chi connectivity index (χ3n) is 4.14. The van der Waals surface area contributed by atoms with E-state index in [2.05, 4.69) is 20.8 Å². The molecule has 0 radical (unpaired) electrons. The molecule has 2 aromatic carbocycles. The van der Waals surface area contributed by atoms with Gasteiger partial charge in [-0.3, -0.25) is 4.31 Å². The first-order chi connectivity index (χ1) is 13.7. The van der Waals surface area contributed by atoms with E-state index in [0.717, 1.165) is 17.4 Å². The van der Waals surface area contributed by atoms with Crippen molar-refractivity contribution in [2.24, 2.45) is 0 Å². The second-order valence-corrected chi connectivity index (χ2v) is 8.89. The minimum absolute atomic E-state index is 0.258. The third-order valence-corrected chi connectivity index (χ3v) is 5.60. The van der Waals surface area contributed by atoms with Gasteiger partial charge in [0.25, 0.3) is 0 Å². The van der Waals surface area contributed by atoms with Crippen LogP contribution in [0.4, 0.5) is 11.4 Å². The van der Waals surface area contributed by atoms with Crippen LogP contribution in [0.3, 0.4) is 0 Å². The van der Waals surface area contributed by atoms with Crippen LogP contribution < -0.4 is 14.9 Å². The van der Waals surface area contributed by atoms with Crippen molar-refractivity contribution >= 4 is 38.7 Å². The molecule has 1 aromatic heterocycles. The van der Waals surface area contributed by atoms with Gasteiger partial charge in [-0.2, -0.15) is 4.98 Å². The van der Waals surface area contributed by atoms with Crippen molar-refractivity contribution in [3.63, 3.8) is 0 Å². The third kappa shape index (κ3) is 5.52. The fraction of sp³-hybridized carbons (Fsp3) is 0.211. The molecule has 8 nitrogen and oxygen atoms in total. The molecule has 0 aliphatic heterocycles. The van der Waals surface area contributed by atoms with Crippen LogP contribution in [0.5, 0.6) is 0 Å². The highest BCUT2D eigenvalue weighted by Gasteiger charge is 2.13. The molecule has 0 spiro atoms. The molecule has 0 fully saturated rings. The topological polar surface area (TPSA) is 100 Å². The maximum Gasteiger partial charge on any atom is 0.246 e. The van der Waals surface area contributed by atoms with Gasteiger partial charge in [0.2, 0.25) is 21.7 Å². The van der Waals surface area contributed by atoms with Crippen molar-refractivity contribution in [2.45, 2.75) is 13.5 Å². The Morgan fingerprint density at radius 3 is 2.62 bits per heavy atom. The van der Waals surface area contributed by atoms with Gasteiger partial charge in [0.15, 0.2) is 5.11 Å². The van der Waals surface area contributed by atoms with Crippen molar-refractivity contribution in [2.75, 3.05) is 22.9 Å². The Kier molecular flexibility index (Phi) is 6.14. The molecule has 0 aliphatic rings. The first-order valence-corrected chi connectivity index (χ1v) is 11.0. The first kappa shape index (κ1) is 20.7. The molecule has 0 unspecified atom stereocenters. The van der Waals surface area contributed by atoms with Crippen LogP contribution in [-0.2, 0) is 16.6 Å². The number of hydrogen-bond donors (Lipinski definition) is 2. The van der Waals surface area contributed by atoms with Gasteiger partial charge in [-0.05, 0) is 37.3 Å². The number of hydrogen-bond acceptors (Lipinski definition) is 6. The smallest absolute Gasteiger partial charge is 0.246 e. The maximum atomic E-state index is 11.7. The number of aryl methyl sites for hydroxylation is 1. The SMILES string of the molecule is Cc1ccc(-c2noc(CNC(=S)Nc3cccc(N(C)S(C)(=O)=O)c3)n2)cc1. The van der Waals surface area contributed by atoms with Crippen molar-refractivity contribution < 1.29 is 12.9 Å². The van der Waals surface area contributed by atoms with E-state index in [1.54, 1.807) is 24.3 Å². The Morgan fingerprint density at radius 2 is 1.93 bits per heavy atom. The summed E-state index contributed by atoms with van der Waals surface area (Å²) in [6.07, 6.45) is 1.15. The molecule has 3 rings (SSSR count). The van der Waals surface area contributed by atoms with E-state index in [1.165, 1.54) is 11.4 Å². The lowest BCUT2D eigenvalue weighted by Gasteiger charge is -2.18. The summed E-state index contributed by atoms with van der Waals surface area (Å²) >= 11 is 5.29. The fourth-order valence-corrected chi connectivity index (χ4v) is 3.14. The molecule has 3 aromatic rings. The Hall–Kier alpha value is -2.98. The zero-order valence-electron chi connectivity index (χ0n) is 16.2. The van der Waals surface area contributed by atoms with Gasteiger partial charge in [0.05, 0.1) is 18.5 Å². The van der Waals surface area contributed by atoms with E-state index >= 15 is 0 Å². The fourth-order valence-electron chi connectivity index (χ4n) is 2.45. The summed E-state index contributed by atoms with van der Waals surface area (Å²) in [5, 5.41) is 10.3. The van der Waals surface area contributed by atoms with Gasteiger partial charge < -0.3 is 15.2 Å². The number of sulfonamides is 1. The van der Waals surface area contributed by atoms with Crippen molar-refractivity contribution in [3.8, 4) is 11.4 Å². The Morgan fingerprint density at radius 1 is 1.21 bits per heavy atom. The Balaban J connectivity index is 1.59. The number of aromatic nitrogens is 2. The van der Waals surface area contributed by atoms with Crippen LogP contribution in [0, 0.1) is 6.92 Å². The zero-order valence-corrected chi connectivity index (χ0v) is 17.8. The quantitative estimate of drug-likeness (QED) is 0.575. The summed E-state index contributed by atoms with van der Waals surface area (Å²) in [6, 6.07) is 14.8. The molecule has 0 aliphatic carbocycles. The van der Waals surface area contributed by atoms with Gasteiger partial charge in [0, 0.05) is 18.3 Å². The molecular formula is C19H21N5O3S2. The average molecular weight is 432 g/mol. The van der Waals surface area contributed by atoms with E-state index in [4.69, 9.17) is 16.7 Å². The van der Waals surface area contributed by atoms with Gasteiger partial charge in [-0.1, -0.05) is 41.1 Å². The molecule has 0 bridgehead atoms. The zero-order chi connectivity index (χ0) is 21.0. The van der Waals surface area contributed by atoms with Gasteiger partial charge in [-0.25, -0.2) is 8.42 Å². The van der Waals surface area contributed by atoms with E-state index in [9.17, 15) is 8.42 Å². The van der Waals surface area contributed by atoms with E-state index in [-0.39, 0.29) is 6.54 Å². The highest BCUT2D eigenvalue weighted by Crippen LogP contribution is 2.20. The van der Waals surface area contributed by atoms with E-state index in [1.807, 2.05) is 31.2 Å². The second kappa shape index (κ2) is 8.58. The summed E-state index contributed by atoms with van der Waals surface area (Å²) < 4.78 is 29.8. The number of nitrogens with one attached hydrogen (secondary N) is 2. The molecule has 0 saturated heterocycles. The number of thiocarbonyl (C=S) groups is 1. The molecule has 0 atom stereocenters. The monoisotopic (exact) mass is 431 g/mol. The lowest BCUT2D eigenvalue weighted by molar-refractivity contribution is 0.376. The minimum atomic E-state index is -3.34. The standard InChI is InChI=1S/C19H21N5O3S2/c1-13-7-9-14(10-8-13)18-22-17(27-23-18)12-20-19(28)21-15-5-4-6-16(11-15)24(2)29(3,25)26/h4-11H,12H2,1-3H3,(H2,20,21,28). The summed E-state index contributed by atoms with van der Waals surface area (Å²) in [6.45, 7) is 2.27. The number of rotatable bonds is 6. The summed E-state index contributed by atoms with van der Waals surface area (Å²) in [4.78, 5) is 4.35. The number of anilines is 2. The summed E-state index contributed by atoms with van der Waals surface area (Å²) in [5.41, 5.74) is 3.21. The van der Waals surface area contributed by atoms with E-state index in [0.29, 0.717) is 28.2 Å². The van der Waals surface area contributed by atoms with Crippen LogP contribution in [0.2, 0.25) is 0 Å². The van der Waals surface area contributed by atoms with Crippen LogP contribution in [-0.4, -0.2) is 37.0 Å². The maximum absolute atomic E-state index is 11.7. The summed E-state index contributed by atoms with van der Waals surface area (Å²) in [5.74, 6) is 0.910. The van der Waals surface area contributed by atoms with E-state index < -0.39 is 10.0 Å². The first-order valence-electron chi connectivity index (χ1n) is 8.71. The predicted octanol–water partition coefficient (Wildman–Crippen LogP) is 2.93. The second-order valence-electron chi connectivity index (χ2n) is 6.47. The molecule has 0 saturated carbocycles. The largest absolute Gasteiger partial charge is 0.353 e. The minimum Gasteiger partial charge on any atom is -0.353 e. The van der Waals surface area contributed by atoms with Crippen molar-refractivity contribution in [3.05, 3.63) is 60.0 Å². The van der Waals surface area contributed by atoms with Gasteiger partial charge >= 0.3 is 0 Å². The highest BCUT2D eigenvalue weighted by molar-refractivity contribution is 7.92. The Labute approximate surface area is 175 Å². The lowest BCUT2D eigenvalue weighted by Crippen LogP contribution is -2.28. The van der Waals surface area contributed by atoms with Crippen LogP contribution >= 0.6 is 12.2 Å². The molecule has 0 amide bonds. The predicted molar refractivity (Wildman–Crippen MR) is 117 cm³/mol. The van der Waals surface area contributed by atoms with Crippen LogP contribution in [0.1, 0.15) is 11.5 Å². The molecule has 2 N–H and O–H groups in total. The Bertz CT molecular complexity index is 1110. The lowest BCUT2D eigenvalue weighted by atomic mass is 10.1. The average Bonchev–Trinajstić information content (AvgIpc) is 3.15.